The number of ether oxygens (including phenoxy) is 1. The van der Waals surface area contributed by atoms with Crippen LogP contribution in [0.5, 0.6) is 0 Å². The summed E-state index contributed by atoms with van der Waals surface area (Å²) in [6.45, 7) is 7.44. The molecule has 2 heterocycles. The molecule has 130 valence electrons. The van der Waals surface area contributed by atoms with Crippen molar-refractivity contribution in [3.05, 3.63) is 28.5 Å². The van der Waals surface area contributed by atoms with Crippen molar-refractivity contribution in [3.8, 4) is 0 Å². The van der Waals surface area contributed by atoms with Crippen LogP contribution in [0.1, 0.15) is 45.6 Å². The van der Waals surface area contributed by atoms with E-state index < -0.39 is 5.97 Å². The Bertz CT molecular complexity index is 650. The van der Waals surface area contributed by atoms with Crippen molar-refractivity contribution in [1.29, 1.82) is 0 Å². The fourth-order valence-electron chi connectivity index (χ4n) is 4.55. The van der Waals surface area contributed by atoms with Crippen LogP contribution in [0.15, 0.2) is 22.9 Å². The standard InChI is InChI=1S/C19H25NO3S/c1-18(2)8-15-9-19(3,12-18)13-20(15)16(21)10-23-17(22)5-4-14-6-7-24-11-14/h4-7,11,15H,8-10,12-13H2,1-3H3/b5-4+/t15-,19+/m1/s1. The largest absolute Gasteiger partial charge is 0.452 e. The van der Waals surface area contributed by atoms with Gasteiger partial charge in [0.25, 0.3) is 5.91 Å². The molecule has 5 heteroatoms. The van der Waals surface area contributed by atoms with Crippen molar-refractivity contribution >= 4 is 29.3 Å². The highest BCUT2D eigenvalue weighted by Gasteiger charge is 2.50. The molecule has 4 nitrogen and oxygen atoms in total. The summed E-state index contributed by atoms with van der Waals surface area (Å²) in [5.74, 6) is -0.540. The van der Waals surface area contributed by atoms with Gasteiger partial charge in [0.2, 0.25) is 0 Å². The monoisotopic (exact) mass is 347 g/mol. The van der Waals surface area contributed by atoms with Gasteiger partial charge in [-0.1, -0.05) is 20.8 Å². The number of esters is 1. The van der Waals surface area contributed by atoms with Crippen LogP contribution in [0.3, 0.4) is 0 Å². The number of carbonyl (C=O) groups is 2. The predicted octanol–water partition coefficient (Wildman–Crippen LogP) is 3.73. The number of carbonyl (C=O) groups excluding carboxylic acids is 2. The van der Waals surface area contributed by atoms with Crippen molar-refractivity contribution in [2.45, 2.75) is 46.1 Å². The average Bonchev–Trinajstić information content (AvgIpc) is 3.07. The van der Waals surface area contributed by atoms with E-state index in [1.165, 1.54) is 6.08 Å². The van der Waals surface area contributed by atoms with Gasteiger partial charge in [-0.3, -0.25) is 4.79 Å². The Morgan fingerprint density at radius 3 is 2.88 bits per heavy atom. The normalized spacial score (nSPS) is 28.3. The SMILES string of the molecule is CC1(C)C[C@@H]2C[C@](C)(CN2C(=O)COC(=O)/C=C/c2ccsc2)C1. The lowest BCUT2D eigenvalue weighted by Gasteiger charge is -2.39. The number of hydrogen-bond donors (Lipinski definition) is 0. The first kappa shape index (κ1) is 17.2. The summed E-state index contributed by atoms with van der Waals surface area (Å²) in [6.07, 6.45) is 6.32. The minimum atomic E-state index is -0.469. The number of amides is 1. The molecule has 1 aliphatic carbocycles. The molecule has 2 bridgehead atoms. The van der Waals surface area contributed by atoms with Crippen molar-refractivity contribution < 1.29 is 14.3 Å². The highest BCUT2D eigenvalue weighted by molar-refractivity contribution is 7.08. The van der Waals surface area contributed by atoms with Crippen LogP contribution in [0.25, 0.3) is 6.08 Å². The summed E-state index contributed by atoms with van der Waals surface area (Å²) in [5.41, 5.74) is 1.43. The van der Waals surface area contributed by atoms with Crippen molar-refractivity contribution in [1.82, 2.24) is 4.90 Å². The topological polar surface area (TPSA) is 46.6 Å². The van der Waals surface area contributed by atoms with E-state index in [1.54, 1.807) is 17.4 Å². The maximum atomic E-state index is 12.5. The molecule has 0 spiro atoms. The average molecular weight is 347 g/mol. The van der Waals surface area contributed by atoms with E-state index in [1.807, 2.05) is 21.7 Å². The molecular weight excluding hydrogens is 322 g/mol. The molecule has 24 heavy (non-hydrogen) atoms. The highest BCUT2D eigenvalue weighted by Crippen LogP contribution is 2.52. The molecule has 1 saturated heterocycles. The number of nitrogens with zero attached hydrogens (tertiary/aromatic N) is 1. The Morgan fingerprint density at radius 2 is 2.17 bits per heavy atom. The second kappa shape index (κ2) is 6.36. The lowest BCUT2D eigenvalue weighted by molar-refractivity contribution is -0.148. The van der Waals surface area contributed by atoms with Crippen molar-refractivity contribution in [2.75, 3.05) is 13.2 Å². The Hall–Kier alpha value is -1.62. The third kappa shape index (κ3) is 3.89. The van der Waals surface area contributed by atoms with Gasteiger partial charge in [-0.2, -0.15) is 11.3 Å². The maximum absolute atomic E-state index is 12.5. The summed E-state index contributed by atoms with van der Waals surface area (Å²) in [7, 11) is 0. The zero-order valence-electron chi connectivity index (χ0n) is 14.6. The lowest BCUT2D eigenvalue weighted by atomic mass is 9.65. The van der Waals surface area contributed by atoms with Crippen LogP contribution in [0.4, 0.5) is 0 Å². The quantitative estimate of drug-likeness (QED) is 0.616. The van der Waals surface area contributed by atoms with Crippen LogP contribution in [0, 0.1) is 10.8 Å². The maximum Gasteiger partial charge on any atom is 0.331 e. The van der Waals surface area contributed by atoms with E-state index in [9.17, 15) is 9.59 Å². The molecule has 2 aliphatic rings. The first-order valence-electron chi connectivity index (χ1n) is 8.43. The predicted molar refractivity (Wildman–Crippen MR) is 95.6 cm³/mol. The van der Waals surface area contributed by atoms with Crippen LogP contribution in [-0.4, -0.2) is 36.0 Å². The van der Waals surface area contributed by atoms with Crippen molar-refractivity contribution in [3.63, 3.8) is 0 Å². The van der Waals surface area contributed by atoms with Gasteiger partial charge in [-0.15, -0.1) is 0 Å². The molecule has 0 N–H and O–H groups in total. The van der Waals surface area contributed by atoms with Crippen LogP contribution < -0.4 is 0 Å². The molecule has 1 aromatic rings. The molecule has 1 aromatic heterocycles. The van der Waals surface area contributed by atoms with Gasteiger partial charge >= 0.3 is 5.97 Å². The Kier molecular flexibility index (Phi) is 4.56. The van der Waals surface area contributed by atoms with Gasteiger partial charge in [-0.25, -0.2) is 4.79 Å². The van der Waals surface area contributed by atoms with E-state index in [2.05, 4.69) is 20.8 Å². The van der Waals surface area contributed by atoms with E-state index in [0.717, 1.165) is 31.4 Å². The molecule has 1 aliphatic heterocycles. The Balaban J connectivity index is 1.53. The van der Waals surface area contributed by atoms with E-state index in [4.69, 9.17) is 4.74 Å². The van der Waals surface area contributed by atoms with E-state index >= 15 is 0 Å². The molecule has 3 rings (SSSR count). The third-order valence-corrected chi connectivity index (χ3v) is 5.73. The lowest BCUT2D eigenvalue weighted by Crippen LogP contribution is -2.39. The summed E-state index contributed by atoms with van der Waals surface area (Å²) in [6, 6.07) is 2.21. The fraction of sp³-hybridized carbons (Fsp3) is 0.579. The van der Waals surface area contributed by atoms with Gasteiger partial charge in [0, 0.05) is 18.7 Å². The van der Waals surface area contributed by atoms with Gasteiger partial charge in [0.1, 0.15) is 0 Å². The van der Waals surface area contributed by atoms with E-state index in [-0.39, 0.29) is 29.4 Å². The molecule has 0 aromatic carbocycles. The van der Waals surface area contributed by atoms with E-state index in [0.29, 0.717) is 0 Å². The molecule has 2 fully saturated rings. The smallest absolute Gasteiger partial charge is 0.331 e. The summed E-state index contributed by atoms with van der Waals surface area (Å²) >= 11 is 1.57. The molecule has 2 atom stereocenters. The minimum Gasteiger partial charge on any atom is -0.452 e. The fourth-order valence-corrected chi connectivity index (χ4v) is 5.18. The van der Waals surface area contributed by atoms with Gasteiger partial charge in [-0.05, 0) is 58.6 Å². The molecule has 0 unspecified atom stereocenters. The Morgan fingerprint density at radius 1 is 1.38 bits per heavy atom. The van der Waals surface area contributed by atoms with Crippen LogP contribution in [-0.2, 0) is 14.3 Å². The number of fused-ring (bicyclic) bond motifs is 2. The third-order valence-electron chi connectivity index (χ3n) is 5.03. The number of thiophene rings is 1. The van der Waals surface area contributed by atoms with Gasteiger partial charge in [0.05, 0.1) is 0 Å². The van der Waals surface area contributed by atoms with Gasteiger partial charge in [0.15, 0.2) is 6.61 Å². The van der Waals surface area contributed by atoms with Crippen LogP contribution >= 0.6 is 11.3 Å². The number of hydrogen-bond acceptors (Lipinski definition) is 4. The second-order valence-corrected chi connectivity index (χ2v) is 9.01. The first-order chi connectivity index (χ1) is 11.3. The number of likely N-dealkylation sites (tertiary alicyclic amines) is 1. The summed E-state index contributed by atoms with van der Waals surface area (Å²) in [5, 5.41) is 3.89. The zero-order chi connectivity index (χ0) is 17.4. The Labute approximate surface area is 147 Å². The molecular formula is C19H25NO3S. The van der Waals surface area contributed by atoms with Crippen molar-refractivity contribution in [2.24, 2.45) is 10.8 Å². The zero-order valence-corrected chi connectivity index (χ0v) is 15.4. The summed E-state index contributed by atoms with van der Waals surface area (Å²) < 4.78 is 5.13. The second-order valence-electron chi connectivity index (χ2n) is 8.23. The molecule has 0 radical (unpaired) electrons. The molecule has 1 amide bonds. The first-order valence-corrected chi connectivity index (χ1v) is 9.37. The highest BCUT2D eigenvalue weighted by atomic mass is 32.1. The van der Waals surface area contributed by atoms with Gasteiger partial charge < -0.3 is 9.64 Å². The summed E-state index contributed by atoms with van der Waals surface area (Å²) in [4.78, 5) is 26.2. The minimum absolute atomic E-state index is 0.0706. The van der Waals surface area contributed by atoms with Crippen LogP contribution in [0.2, 0.25) is 0 Å². The molecule has 1 saturated carbocycles. The number of rotatable bonds is 4.